The molecular weight excluding hydrogens is 950 g/mol. The molecule has 0 bridgehead atoms. The molecule has 2 amide bonds. The fraction of sp³-hybridized carbons (Fsp3) is 0.458. The van der Waals surface area contributed by atoms with Gasteiger partial charge in [0.2, 0.25) is 11.9 Å². The van der Waals surface area contributed by atoms with E-state index in [1.165, 1.54) is 0 Å². The first-order valence-corrected chi connectivity index (χ1v) is 23.8. The van der Waals surface area contributed by atoms with Crippen molar-refractivity contribution in [1.82, 2.24) is 39.7 Å². The van der Waals surface area contributed by atoms with Crippen LogP contribution in [-0.4, -0.2) is 70.3 Å². The molecule has 3 fully saturated rings. The van der Waals surface area contributed by atoms with Crippen molar-refractivity contribution in [1.29, 1.82) is 0 Å². The molecule has 2 atom stereocenters. The average molecular weight is 1010 g/mol. The van der Waals surface area contributed by atoms with Gasteiger partial charge in [0, 0.05) is 51.3 Å². The number of halogens is 1. The predicted molar refractivity (Wildman–Crippen MR) is 269 cm³/mol. The van der Waals surface area contributed by atoms with Crippen molar-refractivity contribution in [3.63, 3.8) is 0 Å². The third-order valence-electron chi connectivity index (χ3n) is 13.6. The van der Waals surface area contributed by atoms with Crippen LogP contribution >= 0.6 is 22.6 Å². The Balaban J connectivity index is 0.000000136. The number of benzene rings is 2. The van der Waals surface area contributed by atoms with Gasteiger partial charge in [0.05, 0.1) is 61.9 Å². The maximum Gasteiger partial charge on any atom is 0.512 e. The zero-order valence-corrected chi connectivity index (χ0v) is 42.0. The van der Waals surface area contributed by atoms with Gasteiger partial charge < -0.3 is 40.5 Å². The number of carbonyl (C=O) groups excluding carboxylic acids is 2. The zero-order valence-electron chi connectivity index (χ0n) is 39.8. The third-order valence-corrected chi connectivity index (χ3v) is 14.4. The lowest BCUT2D eigenvalue weighted by atomic mass is 9.85. The van der Waals surface area contributed by atoms with E-state index in [1.54, 1.807) is 29.3 Å². The van der Waals surface area contributed by atoms with Crippen molar-refractivity contribution in [2.45, 2.75) is 129 Å². The van der Waals surface area contributed by atoms with Crippen LogP contribution in [0, 0.1) is 3.57 Å². The van der Waals surface area contributed by atoms with E-state index in [0.717, 1.165) is 63.0 Å². The molecule has 2 aromatic carbocycles. The molecule has 7 heterocycles. The Bertz CT molecular complexity index is 3020. The summed E-state index contributed by atoms with van der Waals surface area (Å²) in [6, 6.07) is 14.9. The van der Waals surface area contributed by atoms with Crippen LogP contribution in [0.2, 0.25) is 0 Å². The van der Waals surface area contributed by atoms with Gasteiger partial charge in [-0.3, -0.25) is 28.3 Å². The van der Waals surface area contributed by atoms with E-state index >= 15 is 0 Å². The molecule has 5 aliphatic rings. The molecule has 0 spiro atoms. The summed E-state index contributed by atoms with van der Waals surface area (Å²) in [5, 5.41) is 13.8. The maximum atomic E-state index is 12.9. The Labute approximate surface area is 398 Å². The SMILES string of the molecule is CC.C[C@H]1NC(=O)c2cc(-c3cccc4c(=O)n(C)c(NC5(C)CC5)nc34)[nH]c21.C[C@H]1NC(=O)c2cc(B3OC(C)(C)C(C)(C)O3)[nH]c21.Cn1c(NC2(C)CC2)nc2c(I)cccc2c1=O. The lowest BCUT2D eigenvalue weighted by Gasteiger charge is -2.32. The number of amides is 2. The smallest absolute Gasteiger partial charge is 0.398 e. The van der Waals surface area contributed by atoms with Crippen LogP contribution in [0.3, 0.4) is 0 Å². The molecule has 2 saturated carbocycles. The molecule has 4 aromatic heterocycles. The number of aromatic amines is 2. The fourth-order valence-corrected chi connectivity index (χ4v) is 8.73. The standard InChI is InChI=1S/C20H21N5O2.C13H19BN2O3.C13H14IN3O.C2H6/c1-10-15-13(17(26)21-10)9-14(22-15)11-5-4-6-12-16(11)23-19(25(3)18(12)27)24-20(2)7-8-20;1-7-10-8(11(17)15-7)6-9(16-10)14-18-12(2,3)13(4,5)19-14;1-13(6-7-13)16-12-15-10-8(11(18)17(12)2)4-3-5-9(10)14;1-2/h4-6,9-10,22H,7-8H2,1-3H3,(H,21,26)(H,23,24);6-7,16H,1-5H3,(H,15,17);3-5H,6-7H2,1-2H3,(H,15,16);1-2H3/t10-;7-;;/m11../s1. The molecule has 66 heavy (non-hydrogen) atoms. The zero-order chi connectivity index (χ0) is 47.8. The lowest BCUT2D eigenvalue weighted by molar-refractivity contribution is 0.00578. The summed E-state index contributed by atoms with van der Waals surface area (Å²) in [7, 11) is 3.06. The molecule has 2 aliphatic carbocycles. The van der Waals surface area contributed by atoms with E-state index in [-0.39, 0.29) is 57.3 Å². The van der Waals surface area contributed by atoms with Crippen molar-refractivity contribution in [2.24, 2.45) is 14.1 Å². The maximum absolute atomic E-state index is 12.9. The summed E-state index contributed by atoms with van der Waals surface area (Å²) in [6.45, 7) is 20.2. The summed E-state index contributed by atoms with van der Waals surface area (Å²) in [4.78, 5) is 65.0. The number of para-hydroxylation sites is 2. The second-order valence-corrected chi connectivity index (χ2v) is 20.5. The van der Waals surface area contributed by atoms with Crippen LogP contribution in [0.1, 0.15) is 139 Å². The first-order chi connectivity index (χ1) is 31.1. The van der Waals surface area contributed by atoms with E-state index in [1.807, 2.05) is 97.9 Å². The number of hydrogen-bond acceptors (Lipinski definition) is 10. The van der Waals surface area contributed by atoms with E-state index in [2.05, 4.69) is 72.7 Å². The molecule has 6 N–H and O–H groups in total. The first kappa shape index (κ1) is 47.0. The quantitative estimate of drug-likeness (QED) is 0.0724. The molecule has 6 aromatic rings. The van der Waals surface area contributed by atoms with Gasteiger partial charge >= 0.3 is 7.12 Å². The molecule has 3 aliphatic heterocycles. The van der Waals surface area contributed by atoms with Gasteiger partial charge in [-0.25, -0.2) is 9.97 Å². The van der Waals surface area contributed by atoms with Crippen molar-refractivity contribution < 1.29 is 18.9 Å². The van der Waals surface area contributed by atoms with Gasteiger partial charge in [-0.15, -0.1) is 0 Å². The highest BCUT2D eigenvalue weighted by Gasteiger charge is 2.53. The number of anilines is 2. The van der Waals surface area contributed by atoms with Gasteiger partial charge in [-0.1, -0.05) is 32.0 Å². The van der Waals surface area contributed by atoms with Crippen molar-refractivity contribution in [3.05, 3.63) is 95.3 Å². The van der Waals surface area contributed by atoms with E-state index in [9.17, 15) is 19.2 Å². The topological polar surface area (TPSA) is 202 Å². The summed E-state index contributed by atoms with van der Waals surface area (Å²) in [6.07, 6.45) is 4.40. The summed E-state index contributed by atoms with van der Waals surface area (Å²) in [5.41, 5.74) is 6.30. The lowest BCUT2D eigenvalue weighted by Crippen LogP contribution is -2.41. The molecule has 0 unspecified atom stereocenters. The molecule has 16 nitrogen and oxygen atoms in total. The second-order valence-electron chi connectivity index (χ2n) is 19.3. The molecular formula is C48H60BIN10O6. The minimum atomic E-state index is -0.449. The van der Waals surface area contributed by atoms with Gasteiger partial charge in [0.1, 0.15) is 0 Å². The molecule has 18 heteroatoms. The van der Waals surface area contributed by atoms with Gasteiger partial charge in [-0.2, -0.15) is 0 Å². The van der Waals surface area contributed by atoms with E-state index in [0.29, 0.717) is 39.3 Å². The number of aromatic nitrogens is 6. The number of hydrogen-bond donors (Lipinski definition) is 6. The number of carbonyl (C=O) groups is 2. The highest BCUT2D eigenvalue weighted by atomic mass is 127. The van der Waals surface area contributed by atoms with Crippen LogP contribution < -0.4 is 38.0 Å². The Kier molecular flexibility index (Phi) is 12.1. The Morgan fingerprint density at radius 3 is 1.61 bits per heavy atom. The Hall–Kier alpha value is -5.47. The van der Waals surface area contributed by atoms with E-state index in [4.69, 9.17) is 14.3 Å². The molecule has 0 radical (unpaired) electrons. The van der Waals surface area contributed by atoms with Crippen LogP contribution in [0.15, 0.2) is 58.1 Å². The summed E-state index contributed by atoms with van der Waals surface area (Å²) < 4.78 is 16.1. The average Bonchev–Trinajstić information content (AvgIpc) is 3.85. The number of fused-ring (bicyclic) bond motifs is 4. The molecule has 348 valence electrons. The number of rotatable bonds is 6. The monoisotopic (exact) mass is 1010 g/mol. The summed E-state index contributed by atoms with van der Waals surface area (Å²) >= 11 is 2.22. The fourth-order valence-electron chi connectivity index (χ4n) is 8.12. The Morgan fingerprint density at radius 2 is 1.12 bits per heavy atom. The highest BCUT2D eigenvalue weighted by molar-refractivity contribution is 14.1. The second kappa shape index (κ2) is 17.0. The first-order valence-electron chi connectivity index (χ1n) is 22.7. The van der Waals surface area contributed by atoms with Crippen LogP contribution in [-0.2, 0) is 23.4 Å². The highest BCUT2D eigenvalue weighted by Crippen LogP contribution is 2.40. The minimum Gasteiger partial charge on any atom is -0.398 e. The van der Waals surface area contributed by atoms with Crippen LogP contribution in [0.25, 0.3) is 33.1 Å². The molecule has 11 rings (SSSR count). The summed E-state index contributed by atoms with van der Waals surface area (Å²) in [5.74, 6) is 1.12. The van der Waals surface area contributed by atoms with Gasteiger partial charge in [0.25, 0.3) is 22.9 Å². The van der Waals surface area contributed by atoms with Gasteiger partial charge in [-0.05, 0) is 134 Å². The Morgan fingerprint density at radius 1 is 0.667 bits per heavy atom. The van der Waals surface area contributed by atoms with E-state index < -0.39 is 7.12 Å². The van der Waals surface area contributed by atoms with Crippen molar-refractivity contribution >= 4 is 80.8 Å². The minimum absolute atomic E-state index is 0.00488. The largest absolute Gasteiger partial charge is 0.512 e. The normalized spacial score (nSPS) is 20.7. The van der Waals surface area contributed by atoms with Crippen molar-refractivity contribution in [3.8, 4) is 11.3 Å². The van der Waals surface area contributed by atoms with Crippen LogP contribution in [0.4, 0.5) is 11.9 Å². The number of H-pyrrole nitrogens is 2. The third kappa shape index (κ3) is 8.67. The molecule has 1 saturated heterocycles. The number of nitrogens with one attached hydrogen (secondary N) is 6. The van der Waals surface area contributed by atoms with Crippen molar-refractivity contribution in [2.75, 3.05) is 10.6 Å². The number of nitrogens with zero attached hydrogens (tertiary/aromatic N) is 4. The van der Waals surface area contributed by atoms with Crippen LogP contribution in [0.5, 0.6) is 0 Å². The van der Waals surface area contributed by atoms with Gasteiger partial charge in [0.15, 0.2) is 0 Å². The predicted octanol–water partition coefficient (Wildman–Crippen LogP) is 7.34.